The summed E-state index contributed by atoms with van der Waals surface area (Å²) in [6, 6.07) is 10.1. The van der Waals surface area contributed by atoms with Gasteiger partial charge in [-0.2, -0.15) is 10.4 Å². The van der Waals surface area contributed by atoms with Gasteiger partial charge in [0.2, 0.25) is 5.91 Å². The molecule has 0 unspecified atom stereocenters. The smallest absolute Gasteiger partial charge is 0.220 e. The molecule has 28 heavy (non-hydrogen) atoms. The second-order valence-electron chi connectivity index (χ2n) is 6.69. The summed E-state index contributed by atoms with van der Waals surface area (Å²) >= 11 is 0. The summed E-state index contributed by atoms with van der Waals surface area (Å²) in [5, 5.41) is 16.3. The van der Waals surface area contributed by atoms with Crippen LogP contribution in [0.4, 0.5) is 0 Å². The lowest BCUT2D eigenvalue weighted by Crippen LogP contribution is -2.23. The fraction of sp³-hybridized carbons (Fsp3) is 0.333. The number of methoxy groups -OCH3 is 1. The normalized spacial score (nSPS) is 10.8. The number of aryl methyl sites for hydroxylation is 2. The lowest BCUT2D eigenvalue weighted by atomic mass is 10.1. The van der Waals surface area contributed by atoms with E-state index in [0.717, 1.165) is 28.1 Å². The van der Waals surface area contributed by atoms with Crippen LogP contribution >= 0.6 is 0 Å². The molecule has 0 fully saturated rings. The van der Waals surface area contributed by atoms with Crippen molar-refractivity contribution in [1.82, 2.24) is 19.9 Å². The zero-order chi connectivity index (χ0) is 20.1. The number of hydrogen-bond acceptors (Lipinski definition) is 5. The van der Waals surface area contributed by atoms with Crippen molar-refractivity contribution in [1.29, 1.82) is 5.26 Å². The maximum atomic E-state index is 12.3. The summed E-state index contributed by atoms with van der Waals surface area (Å²) in [6.45, 7) is 4.91. The molecule has 3 rings (SSSR count). The van der Waals surface area contributed by atoms with Gasteiger partial charge in [-0.05, 0) is 37.0 Å². The van der Waals surface area contributed by atoms with Crippen molar-refractivity contribution in [3.63, 3.8) is 0 Å². The SMILES string of the molecule is COCc1ccc(CNC(=O)CCc2c(C)nc3c(C#N)cnn3c2C)cc1. The van der Waals surface area contributed by atoms with Gasteiger partial charge in [-0.3, -0.25) is 4.79 Å². The highest BCUT2D eigenvalue weighted by molar-refractivity contribution is 5.76. The highest BCUT2D eigenvalue weighted by Gasteiger charge is 2.14. The van der Waals surface area contributed by atoms with E-state index in [4.69, 9.17) is 10.00 Å². The van der Waals surface area contributed by atoms with Crippen LogP contribution in [0.1, 0.15) is 40.1 Å². The van der Waals surface area contributed by atoms with Gasteiger partial charge < -0.3 is 10.1 Å². The number of aromatic nitrogens is 3. The first-order valence-electron chi connectivity index (χ1n) is 9.11. The molecule has 0 bridgehead atoms. The highest BCUT2D eigenvalue weighted by Crippen LogP contribution is 2.18. The van der Waals surface area contributed by atoms with Gasteiger partial charge in [0.1, 0.15) is 11.6 Å². The van der Waals surface area contributed by atoms with Crippen molar-refractivity contribution >= 4 is 11.6 Å². The molecule has 3 aromatic rings. The molecule has 0 saturated carbocycles. The number of ether oxygens (including phenoxy) is 1. The summed E-state index contributed by atoms with van der Waals surface area (Å²) in [5.74, 6) is -0.0157. The predicted octanol–water partition coefficient (Wildman–Crippen LogP) is 2.61. The number of fused-ring (bicyclic) bond motifs is 1. The average Bonchev–Trinajstić information content (AvgIpc) is 3.10. The van der Waals surface area contributed by atoms with E-state index in [0.29, 0.717) is 37.2 Å². The Hall–Kier alpha value is -3.24. The van der Waals surface area contributed by atoms with E-state index >= 15 is 0 Å². The van der Waals surface area contributed by atoms with Crippen molar-refractivity contribution in [2.24, 2.45) is 0 Å². The summed E-state index contributed by atoms with van der Waals surface area (Å²) in [4.78, 5) is 16.8. The molecule has 0 aliphatic carbocycles. The van der Waals surface area contributed by atoms with Gasteiger partial charge in [0.05, 0.1) is 12.8 Å². The highest BCUT2D eigenvalue weighted by atomic mass is 16.5. The average molecular weight is 377 g/mol. The standard InChI is InChI=1S/C21H23N5O2/c1-14-19(15(2)26-21(25-14)18(10-22)12-24-26)8-9-20(27)23-11-16-4-6-17(7-5-16)13-28-3/h4-7,12H,8-9,11,13H2,1-3H3,(H,23,27). The molecular formula is C21H23N5O2. The zero-order valence-corrected chi connectivity index (χ0v) is 16.3. The lowest BCUT2D eigenvalue weighted by Gasteiger charge is -2.11. The second kappa shape index (κ2) is 8.63. The number of carbonyl (C=O) groups excluding carboxylic acids is 1. The maximum absolute atomic E-state index is 12.3. The Kier molecular flexibility index (Phi) is 6.02. The summed E-state index contributed by atoms with van der Waals surface area (Å²) in [7, 11) is 1.67. The minimum absolute atomic E-state index is 0.0157. The van der Waals surface area contributed by atoms with Crippen LogP contribution in [0.3, 0.4) is 0 Å². The van der Waals surface area contributed by atoms with Crippen LogP contribution in [0.5, 0.6) is 0 Å². The van der Waals surface area contributed by atoms with Crippen LogP contribution in [0.25, 0.3) is 5.65 Å². The van der Waals surface area contributed by atoms with Crippen LogP contribution in [-0.2, 0) is 29.1 Å². The fourth-order valence-electron chi connectivity index (χ4n) is 3.20. The minimum Gasteiger partial charge on any atom is -0.380 e. The third-order valence-corrected chi connectivity index (χ3v) is 4.75. The Labute approximate surface area is 164 Å². The maximum Gasteiger partial charge on any atom is 0.220 e. The van der Waals surface area contributed by atoms with E-state index < -0.39 is 0 Å². The summed E-state index contributed by atoms with van der Waals surface area (Å²) in [5.41, 5.74) is 5.87. The molecule has 0 aliphatic heterocycles. The first kappa shape index (κ1) is 19.5. The number of carbonyl (C=O) groups is 1. The van der Waals surface area contributed by atoms with Gasteiger partial charge in [-0.1, -0.05) is 24.3 Å². The number of rotatable bonds is 7. The third kappa shape index (κ3) is 4.18. The Morgan fingerprint density at radius 2 is 1.96 bits per heavy atom. The first-order chi connectivity index (χ1) is 13.5. The van der Waals surface area contributed by atoms with Crippen molar-refractivity contribution in [2.45, 2.75) is 39.8 Å². The number of hydrogen-bond donors (Lipinski definition) is 1. The molecule has 0 aliphatic rings. The van der Waals surface area contributed by atoms with Crippen LogP contribution in [-0.4, -0.2) is 27.6 Å². The molecule has 0 atom stereocenters. The Morgan fingerprint density at radius 3 is 2.64 bits per heavy atom. The molecule has 7 heteroatoms. The Bertz CT molecular complexity index is 1030. The molecule has 0 saturated heterocycles. The summed E-state index contributed by atoms with van der Waals surface area (Å²) < 4.78 is 6.76. The van der Waals surface area contributed by atoms with Crippen molar-refractivity contribution in [3.05, 3.63) is 64.1 Å². The van der Waals surface area contributed by atoms with E-state index in [1.807, 2.05) is 38.1 Å². The van der Waals surface area contributed by atoms with E-state index in [2.05, 4.69) is 21.5 Å². The molecule has 7 nitrogen and oxygen atoms in total. The monoisotopic (exact) mass is 377 g/mol. The van der Waals surface area contributed by atoms with Crippen molar-refractivity contribution in [2.75, 3.05) is 7.11 Å². The fourth-order valence-corrected chi connectivity index (χ4v) is 3.20. The second-order valence-corrected chi connectivity index (χ2v) is 6.69. The van der Waals surface area contributed by atoms with Gasteiger partial charge in [0.15, 0.2) is 5.65 Å². The number of nitriles is 1. The predicted molar refractivity (Wildman–Crippen MR) is 104 cm³/mol. The van der Waals surface area contributed by atoms with Gasteiger partial charge in [-0.25, -0.2) is 9.50 Å². The van der Waals surface area contributed by atoms with Crippen LogP contribution in [0.2, 0.25) is 0 Å². The Balaban J connectivity index is 1.61. The number of nitrogens with one attached hydrogen (secondary N) is 1. The quantitative estimate of drug-likeness (QED) is 0.683. The summed E-state index contributed by atoms with van der Waals surface area (Å²) in [6.07, 6.45) is 2.45. The molecule has 1 amide bonds. The van der Waals surface area contributed by atoms with Crippen LogP contribution in [0.15, 0.2) is 30.5 Å². The molecular weight excluding hydrogens is 354 g/mol. The molecule has 0 spiro atoms. The minimum atomic E-state index is -0.0157. The lowest BCUT2D eigenvalue weighted by molar-refractivity contribution is -0.121. The van der Waals surface area contributed by atoms with Crippen molar-refractivity contribution < 1.29 is 9.53 Å². The Morgan fingerprint density at radius 1 is 1.25 bits per heavy atom. The number of amides is 1. The molecule has 0 radical (unpaired) electrons. The number of nitrogens with zero attached hydrogens (tertiary/aromatic N) is 4. The van der Waals surface area contributed by atoms with Crippen LogP contribution < -0.4 is 5.32 Å². The van der Waals surface area contributed by atoms with Gasteiger partial charge >= 0.3 is 0 Å². The van der Waals surface area contributed by atoms with E-state index in [-0.39, 0.29) is 5.91 Å². The largest absolute Gasteiger partial charge is 0.380 e. The van der Waals surface area contributed by atoms with Gasteiger partial charge in [-0.15, -0.1) is 0 Å². The van der Waals surface area contributed by atoms with E-state index in [1.54, 1.807) is 11.6 Å². The topological polar surface area (TPSA) is 92.3 Å². The molecule has 1 aromatic carbocycles. The van der Waals surface area contributed by atoms with Gasteiger partial charge in [0, 0.05) is 31.5 Å². The van der Waals surface area contributed by atoms with Crippen molar-refractivity contribution in [3.8, 4) is 6.07 Å². The third-order valence-electron chi connectivity index (χ3n) is 4.75. The molecule has 2 heterocycles. The molecule has 144 valence electrons. The number of benzene rings is 1. The first-order valence-corrected chi connectivity index (χ1v) is 9.11. The van der Waals surface area contributed by atoms with Crippen LogP contribution in [0, 0.1) is 25.2 Å². The van der Waals surface area contributed by atoms with E-state index in [9.17, 15) is 4.79 Å². The molecule has 2 aromatic heterocycles. The van der Waals surface area contributed by atoms with Gasteiger partial charge in [0.25, 0.3) is 0 Å². The zero-order valence-electron chi connectivity index (χ0n) is 16.3. The molecule has 1 N–H and O–H groups in total. The van der Waals surface area contributed by atoms with E-state index in [1.165, 1.54) is 6.20 Å².